The second-order valence-electron chi connectivity index (χ2n) is 6.44. The Hall–Kier alpha value is -1.06. The molecule has 0 aromatic heterocycles. The van der Waals surface area contributed by atoms with E-state index in [1.54, 1.807) is 0 Å². The number of carbonyl (C=O) groups is 2. The number of piperidine rings is 1. The van der Waals surface area contributed by atoms with Crippen LogP contribution in [0.5, 0.6) is 0 Å². The van der Waals surface area contributed by atoms with Crippen LogP contribution in [-0.2, 0) is 14.3 Å². The number of likely N-dealkylation sites (tertiary alicyclic amines) is 1. The maximum Gasteiger partial charge on any atom is 0.309 e. The van der Waals surface area contributed by atoms with Crippen molar-refractivity contribution in [1.82, 2.24) is 4.90 Å². The minimum absolute atomic E-state index is 0.0156. The van der Waals surface area contributed by atoms with Crippen LogP contribution in [0.25, 0.3) is 0 Å². The molecule has 0 unspecified atom stereocenters. The first-order chi connectivity index (χ1) is 9.57. The third-order valence-electron chi connectivity index (χ3n) is 4.88. The molecule has 0 radical (unpaired) electrons. The fraction of sp³-hybridized carbons (Fsp3) is 0.875. The summed E-state index contributed by atoms with van der Waals surface area (Å²) < 4.78 is 5.07. The van der Waals surface area contributed by atoms with E-state index >= 15 is 0 Å². The van der Waals surface area contributed by atoms with Gasteiger partial charge in [0, 0.05) is 18.5 Å². The van der Waals surface area contributed by atoms with Gasteiger partial charge in [-0.3, -0.25) is 9.59 Å². The number of rotatable bonds is 3. The fourth-order valence-corrected chi connectivity index (χ4v) is 3.51. The number of hydrogen-bond acceptors (Lipinski definition) is 3. The molecule has 1 saturated heterocycles. The first-order valence-electron chi connectivity index (χ1n) is 8.03. The topological polar surface area (TPSA) is 46.6 Å². The minimum Gasteiger partial charge on any atom is -0.466 e. The van der Waals surface area contributed by atoms with Gasteiger partial charge in [0.15, 0.2) is 0 Å². The van der Waals surface area contributed by atoms with Crippen molar-refractivity contribution in [2.75, 3.05) is 19.7 Å². The van der Waals surface area contributed by atoms with E-state index in [4.69, 9.17) is 4.74 Å². The van der Waals surface area contributed by atoms with Gasteiger partial charge in [-0.2, -0.15) is 0 Å². The van der Waals surface area contributed by atoms with Gasteiger partial charge < -0.3 is 9.64 Å². The number of ether oxygens (including phenoxy) is 1. The maximum absolute atomic E-state index is 12.7. The summed E-state index contributed by atoms with van der Waals surface area (Å²) in [6.07, 6.45) is 7.13. The Kier molecular flexibility index (Phi) is 5.06. The molecule has 1 aliphatic heterocycles. The number of nitrogens with zero attached hydrogens (tertiary/aromatic N) is 1. The Bertz CT molecular complexity index is 353. The Morgan fingerprint density at radius 2 is 1.75 bits per heavy atom. The molecule has 20 heavy (non-hydrogen) atoms. The molecule has 1 heterocycles. The largest absolute Gasteiger partial charge is 0.466 e. The Labute approximate surface area is 121 Å². The Balaban J connectivity index is 1.87. The fourth-order valence-electron chi connectivity index (χ4n) is 3.51. The van der Waals surface area contributed by atoms with E-state index in [1.807, 2.05) is 11.8 Å². The van der Waals surface area contributed by atoms with E-state index in [1.165, 1.54) is 19.3 Å². The molecule has 4 nitrogen and oxygen atoms in total. The van der Waals surface area contributed by atoms with Crippen molar-refractivity contribution < 1.29 is 14.3 Å². The highest BCUT2D eigenvalue weighted by atomic mass is 16.5. The zero-order chi connectivity index (χ0) is 14.6. The molecule has 2 aliphatic rings. The summed E-state index contributed by atoms with van der Waals surface area (Å²) in [5, 5.41) is 0. The molecule has 1 aliphatic carbocycles. The van der Waals surface area contributed by atoms with Gasteiger partial charge in [0.2, 0.25) is 5.91 Å². The lowest BCUT2D eigenvalue weighted by atomic mass is 9.74. The molecule has 1 amide bonds. The summed E-state index contributed by atoms with van der Waals surface area (Å²) >= 11 is 0. The van der Waals surface area contributed by atoms with Gasteiger partial charge in [0.05, 0.1) is 12.5 Å². The highest BCUT2D eigenvalue weighted by Gasteiger charge is 2.39. The van der Waals surface area contributed by atoms with Gasteiger partial charge in [-0.15, -0.1) is 0 Å². The molecule has 0 bridgehead atoms. The van der Waals surface area contributed by atoms with Crippen LogP contribution in [0.15, 0.2) is 0 Å². The number of hydrogen-bond donors (Lipinski definition) is 0. The highest BCUT2D eigenvalue weighted by molar-refractivity contribution is 5.83. The number of carbonyl (C=O) groups excluding carboxylic acids is 2. The molecule has 0 N–H and O–H groups in total. The first-order valence-corrected chi connectivity index (χ1v) is 8.03. The van der Waals surface area contributed by atoms with Crippen LogP contribution in [0.2, 0.25) is 0 Å². The van der Waals surface area contributed by atoms with Gasteiger partial charge in [0.1, 0.15) is 0 Å². The van der Waals surface area contributed by atoms with Crippen LogP contribution in [0.1, 0.15) is 58.8 Å². The molecule has 0 aromatic rings. The van der Waals surface area contributed by atoms with Crippen molar-refractivity contribution >= 4 is 11.9 Å². The van der Waals surface area contributed by atoms with Gasteiger partial charge in [0.25, 0.3) is 0 Å². The van der Waals surface area contributed by atoms with E-state index < -0.39 is 0 Å². The molecular formula is C16H27NO3. The molecule has 0 atom stereocenters. The molecule has 4 heteroatoms. The average molecular weight is 281 g/mol. The number of amides is 1. The lowest BCUT2D eigenvalue weighted by molar-refractivity contribution is -0.153. The molecule has 114 valence electrons. The van der Waals surface area contributed by atoms with Crippen molar-refractivity contribution in [3.05, 3.63) is 0 Å². The molecule has 0 spiro atoms. The molecule has 2 fully saturated rings. The predicted molar refractivity (Wildman–Crippen MR) is 77.1 cm³/mol. The second-order valence-corrected chi connectivity index (χ2v) is 6.44. The summed E-state index contributed by atoms with van der Waals surface area (Å²) in [7, 11) is 0. The SMILES string of the molecule is CCOC(=O)C1CCN(C(=O)C2(C)CCCCC2)CC1. The van der Waals surface area contributed by atoms with Crippen LogP contribution in [0.3, 0.4) is 0 Å². The smallest absolute Gasteiger partial charge is 0.309 e. The van der Waals surface area contributed by atoms with Crippen LogP contribution >= 0.6 is 0 Å². The standard InChI is InChI=1S/C16H27NO3/c1-3-20-14(18)13-7-11-17(12-8-13)15(19)16(2)9-5-4-6-10-16/h13H,3-12H2,1-2H3. The minimum atomic E-state index is -0.158. The van der Waals surface area contributed by atoms with Crippen LogP contribution < -0.4 is 0 Å². The van der Waals surface area contributed by atoms with E-state index in [9.17, 15) is 9.59 Å². The summed E-state index contributed by atoms with van der Waals surface area (Å²) in [6.45, 7) is 5.80. The third-order valence-corrected chi connectivity index (χ3v) is 4.88. The summed E-state index contributed by atoms with van der Waals surface area (Å²) in [5.41, 5.74) is -0.158. The van der Waals surface area contributed by atoms with Crippen molar-refractivity contribution in [2.45, 2.75) is 58.8 Å². The second kappa shape index (κ2) is 6.59. The highest BCUT2D eigenvalue weighted by Crippen LogP contribution is 2.38. The molecule has 0 aromatic carbocycles. The van der Waals surface area contributed by atoms with E-state index in [0.29, 0.717) is 25.6 Å². The van der Waals surface area contributed by atoms with E-state index in [-0.39, 0.29) is 17.3 Å². The van der Waals surface area contributed by atoms with E-state index in [2.05, 4.69) is 6.92 Å². The van der Waals surface area contributed by atoms with Gasteiger partial charge in [-0.25, -0.2) is 0 Å². The Morgan fingerprint density at radius 1 is 1.15 bits per heavy atom. The summed E-state index contributed by atoms with van der Waals surface area (Å²) in [6, 6.07) is 0. The molecular weight excluding hydrogens is 254 g/mol. The Morgan fingerprint density at radius 3 is 2.30 bits per heavy atom. The average Bonchev–Trinajstić information content (AvgIpc) is 2.48. The van der Waals surface area contributed by atoms with Crippen LogP contribution in [-0.4, -0.2) is 36.5 Å². The lowest BCUT2D eigenvalue weighted by Gasteiger charge is -2.39. The van der Waals surface area contributed by atoms with Gasteiger partial charge in [-0.1, -0.05) is 26.2 Å². The van der Waals surface area contributed by atoms with Crippen LogP contribution in [0.4, 0.5) is 0 Å². The normalized spacial score (nSPS) is 23.4. The quantitative estimate of drug-likeness (QED) is 0.747. The van der Waals surface area contributed by atoms with Gasteiger partial charge in [-0.05, 0) is 32.6 Å². The van der Waals surface area contributed by atoms with Crippen molar-refractivity contribution in [3.8, 4) is 0 Å². The van der Waals surface area contributed by atoms with Gasteiger partial charge >= 0.3 is 5.97 Å². The zero-order valence-corrected chi connectivity index (χ0v) is 12.8. The summed E-state index contributed by atoms with van der Waals surface area (Å²) in [5.74, 6) is 0.196. The van der Waals surface area contributed by atoms with Crippen molar-refractivity contribution in [2.24, 2.45) is 11.3 Å². The molecule has 1 saturated carbocycles. The lowest BCUT2D eigenvalue weighted by Crippen LogP contribution is -2.47. The van der Waals surface area contributed by atoms with Crippen LogP contribution in [0, 0.1) is 11.3 Å². The predicted octanol–water partition coefficient (Wildman–Crippen LogP) is 2.76. The first kappa shape index (κ1) is 15.3. The third kappa shape index (κ3) is 3.33. The summed E-state index contributed by atoms with van der Waals surface area (Å²) in [4.78, 5) is 26.4. The number of esters is 1. The maximum atomic E-state index is 12.7. The zero-order valence-electron chi connectivity index (χ0n) is 12.8. The van der Waals surface area contributed by atoms with Crippen molar-refractivity contribution in [1.29, 1.82) is 0 Å². The monoisotopic (exact) mass is 281 g/mol. The van der Waals surface area contributed by atoms with E-state index in [0.717, 1.165) is 25.7 Å². The molecule has 2 rings (SSSR count). The van der Waals surface area contributed by atoms with Crippen molar-refractivity contribution in [3.63, 3.8) is 0 Å².